The van der Waals surface area contributed by atoms with Crippen molar-refractivity contribution in [1.29, 1.82) is 0 Å². The molecule has 0 aromatic carbocycles. The second-order valence-corrected chi connectivity index (χ2v) is 4.43. The van der Waals surface area contributed by atoms with Crippen molar-refractivity contribution in [2.75, 3.05) is 0 Å². The van der Waals surface area contributed by atoms with Crippen molar-refractivity contribution in [1.82, 2.24) is 0 Å². The molecule has 0 aromatic rings. The van der Waals surface area contributed by atoms with Gasteiger partial charge in [0.05, 0.1) is 0 Å². The first-order valence-corrected chi connectivity index (χ1v) is 5.61. The molecule has 0 aromatic heterocycles. The Morgan fingerprint density at radius 1 is 0.917 bits per heavy atom. The molecule has 0 bridgehead atoms. The number of hydrogen-bond acceptors (Lipinski definition) is 0. The van der Waals surface area contributed by atoms with E-state index in [0.29, 0.717) is 0 Å². The minimum Gasteiger partial charge on any atom is -0.0683 e. The van der Waals surface area contributed by atoms with Crippen LogP contribution in [0.15, 0.2) is 0 Å². The summed E-state index contributed by atoms with van der Waals surface area (Å²) in [6.45, 7) is 13.5. The SMILES string of the molecule is CC.CC(C)C1CC(C)C(C)C1. The summed E-state index contributed by atoms with van der Waals surface area (Å²) in [6, 6.07) is 0. The van der Waals surface area contributed by atoms with Crippen molar-refractivity contribution in [3.8, 4) is 0 Å². The van der Waals surface area contributed by atoms with Crippen LogP contribution >= 0.6 is 0 Å². The van der Waals surface area contributed by atoms with E-state index in [1.165, 1.54) is 12.8 Å². The van der Waals surface area contributed by atoms with E-state index in [0.717, 1.165) is 23.7 Å². The van der Waals surface area contributed by atoms with E-state index in [1.807, 2.05) is 13.8 Å². The highest BCUT2D eigenvalue weighted by molar-refractivity contribution is 4.79. The summed E-state index contributed by atoms with van der Waals surface area (Å²) in [5, 5.41) is 0. The van der Waals surface area contributed by atoms with Gasteiger partial charge in [-0.3, -0.25) is 0 Å². The Morgan fingerprint density at radius 2 is 1.25 bits per heavy atom. The first kappa shape index (κ1) is 12.0. The largest absolute Gasteiger partial charge is 0.0683 e. The fraction of sp³-hybridized carbons (Fsp3) is 1.00. The molecule has 74 valence electrons. The minimum atomic E-state index is 0.910. The average molecular weight is 170 g/mol. The molecule has 12 heavy (non-hydrogen) atoms. The average Bonchev–Trinajstić information content (AvgIpc) is 2.36. The van der Waals surface area contributed by atoms with Gasteiger partial charge in [-0.1, -0.05) is 41.5 Å². The topological polar surface area (TPSA) is 0 Å². The minimum absolute atomic E-state index is 0.910. The highest BCUT2D eigenvalue weighted by Crippen LogP contribution is 2.39. The van der Waals surface area contributed by atoms with Crippen LogP contribution in [-0.2, 0) is 0 Å². The second-order valence-electron chi connectivity index (χ2n) is 4.43. The third-order valence-electron chi connectivity index (χ3n) is 3.26. The standard InChI is InChI=1S/C10H20.C2H6/c1-7(2)10-5-8(3)9(4)6-10;1-2/h7-10H,5-6H2,1-4H3;1-2H3. The molecule has 0 nitrogen and oxygen atoms in total. The van der Waals surface area contributed by atoms with Gasteiger partial charge in [-0.15, -0.1) is 0 Å². The van der Waals surface area contributed by atoms with E-state index in [4.69, 9.17) is 0 Å². The highest BCUT2D eigenvalue weighted by atomic mass is 14.3. The van der Waals surface area contributed by atoms with E-state index in [9.17, 15) is 0 Å². The van der Waals surface area contributed by atoms with Crippen molar-refractivity contribution >= 4 is 0 Å². The molecule has 0 aliphatic heterocycles. The van der Waals surface area contributed by atoms with Gasteiger partial charge in [0.1, 0.15) is 0 Å². The summed E-state index contributed by atoms with van der Waals surface area (Å²) in [5.41, 5.74) is 0. The maximum atomic E-state index is 2.40. The Bertz CT molecular complexity index is 94.6. The lowest BCUT2D eigenvalue weighted by Crippen LogP contribution is -2.03. The van der Waals surface area contributed by atoms with E-state index < -0.39 is 0 Å². The van der Waals surface area contributed by atoms with Crippen LogP contribution in [0, 0.1) is 23.7 Å². The monoisotopic (exact) mass is 170 g/mol. The summed E-state index contributed by atoms with van der Waals surface area (Å²) in [7, 11) is 0. The molecule has 1 aliphatic carbocycles. The predicted octanol–water partition coefficient (Wildman–Crippen LogP) is 4.35. The van der Waals surface area contributed by atoms with Gasteiger partial charge < -0.3 is 0 Å². The zero-order chi connectivity index (χ0) is 9.72. The molecule has 0 N–H and O–H groups in total. The molecule has 2 unspecified atom stereocenters. The van der Waals surface area contributed by atoms with Crippen molar-refractivity contribution in [3.63, 3.8) is 0 Å². The molecule has 1 aliphatic rings. The molecular weight excluding hydrogens is 144 g/mol. The zero-order valence-corrected chi connectivity index (χ0v) is 9.72. The van der Waals surface area contributed by atoms with Crippen LogP contribution in [0.3, 0.4) is 0 Å². The maximum absolute atomic E-state index is 2.40. The Kier molecular flexibility index (Phi) is 5.61. The van der Waals surface area contributed by atoms with Crippen molar-refractivity contribution < 1.29 is 0 Å². The van der Waals surface area contributed by atoms with Gasteiger partial charge in [-0.2, -0.15) is 0 Å². The Labute approximate surface area is 78.8 Å². The molecule has 0 amide bonds. The lowest BCUT2D eigenvalue weighted by molar-refractivity contribution is 0.381. The quantitative estimate of drug-likeness (QED) is 0.549. The number of rotatable bonds is 1. The normalized spacial score (nSPS) is 34.8. The Morgan fingerprint density at radius 3 is 1.42 bits per heavy atom. The van der Waals surface area contributed by atoms with E-state index in [-0.39, 0.29) is 0 Å². The van der Waals surface area contributed by atoms with Gasteiger partial charge in [-0.05, 0) is 36.5 Å². The Balaban J connectivity index is 0.000000561. The van der Waals surface area contributed by atoms with Crippen molar-refractivity contribution in [2.45, 2.75) is 54.4 Å². The fourth-order valence-corrected chi connectivity index (χ4v) is 2.06. The van der Waals surface area contributed by atoms with Crippen LogP contribution < -0.4 is 0 Å². The van der Waals surface area contributed by atoms with E-state index >= 15 is 0 Å². The van der Waals surface area contributed by atoms with E-state index in [2.05, 4.69) is 27.7 Å². The number of hydrogen-bond donors (Lipinski definition) is 0. The molecule has 0 radical (unpaired) electrons. The summed E-state index contributed by atoms with van der Waals surface area (Å²) in [6.07, 6.45) is 2.94. The summed E-state index contributed by atoms with van der Waals surface area (Å²) < 4.78 is 0. The van der Waals surface area contributed by atoms with Crippen LogP contribution in [0.25, 0.3) is 0 Å². The Hall–Kier alpha value is 0. The summed E-state index contributed by atoms with van der Waals surface area (Å²) >= 11 is 0. The molecule has 2 atom stereocenters. The zero-order valence-electron chi connectivity index (χ0n) is 9.72. The molecule has 1 rings (SSSR count). The van der Waals surface area contributed by atoms with Crippen molar-refractivity contribution in [3.05, 3.63) is 0 Å². The lowest BCUT2D eigenvalue weighted by atomic mass is 9.93. The molecule has 1 saturated carbocycles. The third kappa shape index (κ3) is 3.16. The first-order valence-electron chi connectivity index (χ1n) is 5.61. The third-order valence-corrected chi connectivity index (χ3v) is 3.26. The lowest BCUT2D eigenvalue weighted by Gasteiger charge is -2.12. The molecule has 0 heterocycles. The van der Waals surface area contributed by atoms with E-state index in [1.54, 1.807) is 0 Å². The first-order chi connectivity index (χ1) is 5.61. The van der Waals surface area contributed by atoms with Crippen LogP contribution in [0.2, 0.25) is 0 Å². The highest BCUT2D eigenvalue weighted by Gasteiger charge is 2.29. The fourth-order valence-electron chi connectivity index (χ4n) is 2.06. The molecule has 0 heteroatoms. The van der Waals surface area contributed by atoms with Gasteiger partial charge in [0.15, 0.2) is 0 Å². The smallest absolute Gasteiger partial charge is 0.0386 e. The van der Waals surface area contributed by atoms with Crippen LogP contribution in [0.5, 0.6) is 0 Å². The van der Waals surface area contributed by atoms with Gasteiger partial charge in [0, 0.05) is 0 Å². The van der Waals surface area contributed by atoms with Gasteiger partial charge in [0.2, 0.25) is 0 Å². The maximum Gasteiger partial charge on any atom is -0.0386 e. The molecule has 0 spiro atoms. The summed E-state index contributed by atoms with van der Waals surface area (Å²) in [5.74, 6) is 3.89. The molecular formula is C12H26. The van der Waals surface area contributed by atoms with Crippen LogP contribution in [0.4, 0.5) is 0 Å². The molecule has 0 saturated heterocycles. The van der Waals surface area contributed by atoms with Gasteiger partial charge in [-0.25, -0.2) is 0 Å². The van der Waals surface area contributed by atoms with Crippen LogP contribution in [-0.4, -0.2) is 0 Å². The summed E-state index contributed by atoms with van der Waals surface area (Å²) in [4.78, 5) is 0. The van der Waals surface area contributed by atoms with Crippen molar-refractivity contribution in [2.24, 2.45) is 23.7 Å². The van der Waals surface area contributed by atoms with Crippen LogP contribution in [0.1, 0.15) is 54.4 Å². The molecule has 1 fully saturated rings. The van der Waals surface area contributed by atoms with Gasteiger partial charge >= 0.3 is 0 Å². The second kappa shape index (κ2) is 5.61. The predicted molar refractivity (Wildman–Crippen MR) is 57.2 cm³/mol. The van der Waals surface area contributed by atoms with Gasteiger partial charge in [0.25, 0.3) is 0 Å².